The van der Waals surface area contributed by atoms with E-state index in [0.717, 1.165) is 10.0 Å². The van der Waals surface area contributed by atoms with Crippen LogP contribution in [-0.2, 0) is 0 Å². The number of aromatic nitrogens is 2. The number of benzene rings is 1. The molecule has 0 aliphatic carbocycles. The van der Waals surface area contributed by atoms with E-state index in [1.54, 1.807) is 11.3 Å². The van der Waals surface area contributed by atoms with Gasteiger partial charge in [-0.2, -0.15) is 0 Å². The quantitative estimate of drug-likeness (QED) is 0.729. The molecule has 3 heteroatoms. The second kappa shape index (κ2) is 5.61. The summed E-state index contributed by atoms with van der Waals surface area (Å²) in [7, 11) is 0. The van der Waals surface area contributed by atoms with Crippen LogP contribution in [0.4, 0.5) is 0 Å². The molecule has 1 aromatic heterocycles. The highest BCUT2D eigenvalue weighted by atomic mass is 32.1. The summed E-state index contributed by atoms with van der Waals surface area (Å²) in [5.41, 5.74) is 2.44. The van der Waals surface area contributed by atoms with Gasteiger partial charge in [0.25, 0.3) is 0 Å². The fourth-order valence-electron chi connectivity index (χ4n) is 1.22. The molecule has 0 saturated heterocycles. The van der Waals surface area contributed by atoms with Gasteiger partial charge in [0.1, 0.15) is 10.0 Å². The van der Waals surface area contributed by atoms with Gasteiger partial charge in [-0.25, -0.2) is 0 Å². The number of hydrogen-bond donors (Lipinski definition) is 0. The summed E-state index contributed by atoms with van der Waals surface area (Å²) in [6.07, 6.45) is 0. The van der Waals surface area contributed by atoms with E-state index in [4.69, 9.17) is 0 Å². The number of aryl methyl sites for hydroxylation is 2. The van der Waals surface area contributed by atoms with Crippen molar-refractivity contribution < 1.29 is 0 Å². The highest BCUT2D eigenvalue weighted by Gasteiger charge is 2.05. The molecule has 0 N–H and O–H groups in total. The Hall–Kier alpha value is -1.22. The summed E-state index contributed by atoms with van der Waals surface area (Å²) in [5, 5.41) is 10.1. The van der Waals surface area contributed by atoms with Crippen molar-refractivity contribution in [2.24, 2.45) is 0 Å². The molecule has 0 aliphatic heterocycles. The van der Waals surface area contributed by atoms with Crippen LogP contribution in [0.2, 0.25) is 0 Å². The molecule has 0 amide bonds. The van der Waals surface area contributed by atoms with Gasteiger partial charge in [0, 0.05) is 5.56 Å². The Morgan fingerprint density at radius 2 is 1.67 bits per heavy atom. The maximum Gasteiger partial charge on any atom is 0.148 e. The molecule has 0 radical (unpaired) electrons. The first-order valence-electron chi connectivity index (χ1n) is 5.13. The van der Waals surface area contributed by atoms with Crippen LogP contribution in [0.3, 0.4) is 0 Å². The lowest BCUT2D eigenvalue weighted by molar-refractivity contribution is 1.05. The number of hydrogen-bond acceptors (Lipinski definition) is 3. The second-order valence-corrected chi connectivity index (χ2v) is 4.12. The van der Waals surface area contributed by atoms with Gasteiger partial charge in [-0.1, -0.05) is 49.4 Å². The van der Waals surface area contributed by atoms with Crippen LogP contribution in [0, 0.1) is 13.8 Å². The molecule has 0 atom stereocenters. The maximum atomic E-state index is 4.12. The molecular weight excluding hydrogens is 204 g/mol. The first-order valence-corrected chi connectivity index (χ1v) is 5.95. The van der Waals surface area contributed by atoms with Gasteiger partial charge < -0.3 is 0 Å². The third-order valence-corrected chi connectivity index (χ3v) is 2.77. The van der Waals surface area contributed by atoms with E-state index in [9.17, 15) is 0 Å². The second-order valence-electron chi connectivity index (χ2n) is 2.94. The molecule has 0 aliphatic rings. The van der Waals surface area contributed by atoms with Crippen LogP contribution in [0.25, 0.3) is 10.6 Å². The molecule has 0 spiro atoms. The molecule has 0 fully saturated rings. The van der Waals surface area contributed by atoms with E-state index < -0.39 is 0 Å². The van der Waals surface area contributed by atoms with Crippen molar-refractivity contribution in [1.29, 1.82) is 0 Å². The zero-order valence-corrected chi connectivity index (χ0v) is 10.4. The number of rotatable bonds is 1. The summed E-state index contributed by atoms with van der Waals surface area (Å²) in [5.74, 6) is 0. The largest absolute Gasteiger partial charge is 0.148 e. The fourth-order valence-corrected chi connectivity index (χ4v) is 2.00. The van der Waals surface area contributed by atoms with E-state index in [-0.39, 0.29) is 0 Å². The lowest BCUT2D eigenvalue weighted by Gasteiger charge is -1.98. The minimum Gasteiger partial charge on any atom is -0.143 e. The van der Waals surface area contributed by atoms with E-state index in [0.29, 0.717) is 0 Å². The third-order valence-electron chi connectivity index (χ3n) is 1.90. The van der Waals surface area contributed by atoms with Crippen LogP contribution >= 0.6 is 11.3 Å². The van der Waals surface area contributed by atoms with Crippen LogP contribution in [0.1, 0.15) is 24.4 Å². The Morgan fingerprint density at radius 1 is 1.00 bits per heavy atom. The predicted molar refractivity (Wildman–Crippen MR) is 66.2 cm³/mol. The molecule has 2 nitrogen and oxygen atoms in total. The molecule has 1 heterocycles. The van der Waals surface area contributed by atoms with Gasteiger partial charge >= 0.3 is 0 Å². The Morgan fingerprint density at radius 3 is 2.20 bits per heavy atom. The average molecular weight is 220 g/mol. The molecule has 1 aromatic carbocycles. The van der Waals surface area contributed by atoms with Gasteiger partial charge in [0.15, 0.2) is 0 Å². The highest BCUT2D eigenvalue weighted by molar-refractivity contribution is 7.14. The van der Waals surface area contributed by atoms with Crippen LogP contribution in [0.15, 0.2) is 24.3 Å². The minimum absolute atomic E-state index is 1.01. The van der Waals surface area contributed by atoms with Crippen LogP contribution < -0.4 is 0 Å². The topological polar surface area (TPSA) is 25.8 Å². The van der Waals surface area contributed by atoms with Crippen molar-refractivity contribution in [3.8, 4) is 10.6 Å². The van der Waals surface area contributed by atoms with Crippen molar-refractivity contribution >= 4 is 11.3 Å². The Kier molecular flexibility index (Phi) is 4.43. The summed E-state index contributed by atoms with van der Waals surface area (Å²) < 4.78 is 0. The Bertz CT molecular complexity index is 421. The van der Waals surface area contributed by atoms with Gasteiger partial charge in [-0.15, -0.1) is 10.2 Å². The molecule has 80 valence electrons. The SMILES string of the molecule is CC.Cc1nnc(-c2ccccc2C)s1. The first kappa shape index (κ1) is 11.9. The third kappa shape index (κ3) is 2.86. The normalized spacial score (nSPS) is 9.33. The monoisotopic (exact) mass is 220 g/mol. The van der Waals surface area contributed by atoms with Crippen molar-refractivity contribution in [3.63, 3.8) is 0 Å². The smallest absolute Gasteiger partial charge is 0.143 e. The van der Waals surface area contributed by atoms with Gasteiger partial charge in [-0.05, 0) is 19.4 Å². The zero-order chi connectivity index (χ0) is 11.3. The van der Waals surface area contributed by atoms with Crippen molar-refractivity contribution in [2.75, 3.05) is 0 Å². The van der Waals surface area contributed by atoms with Crippen molar-refractivity contribution in [1.82, 2.24) is 10.2 Å². The molecule has 15 heavy (non-hydrogen) atoms. The summed E-state index contributed by atoms with van der Waals surface area (Å²) >= 11 is 1.63. The fraction of sp³-hybridized carbons (Fsp3) is 0.333. The summed E-state index contributed by atoms with van der Waals surface area (Å²) in [6, 6.07) is 8.23. The summed E-state index contributed by atoms with van der Waals surface area (Å²) in [4.78, 5) is 0. The lowest BCUT2D eigenvalue weighted by Crippen LogP contribution is -1.80. The zero-order valence-electron chi connectivity index (χ0n) is 9.61. The van der Waals surface area contributed by atoms with Gasteiger partial charge in [0.05, 0.1) is 0 Å². The van der Waals surface area contributed by atoms with Crippen LogP contribution in [-0.4, -0.2) is 10.2 Å². The van der Waals surface area contributed by atoms with Gasteiger partial charge in [-0.3, -0.25) is 0 Å². The van der Waals surface area contributed by atoms with E-state index in [1.165, 1.54) is 11.1 Å². The van der Waals surface area contributed by atoms with Crippen molar-refractivity contribution in [2.45, 2.75) is 27.7 Å². The molecule has 0 saturated carbocycles. The van der Waals surface area contributed by atoms with E-state index in [2.05, 4.69) is 29.3 Å². The Balaban J connectivity index is 0.000000531. The van der Waals surface area contributed by atoms with E-state index in [1.807, 2.05) is 32.9 Å². The summed E-state index contributed by atoms with van der Waals surface area (Å²) in [6.45, 7) is 8.06. The first-order chi connectivity index (χ1) is 7.27. The highest BCUT2D eigenvalue weighted by Crippen LogP contribution is 2.25. The Labute approximate surface area is 95.0 Å². The van der Waals surface area contributed by atoms with E-state index >= 15 is 0 Å². The predicted octanol–water partition coefficient (Wildman–Crippen LogP) is 3.85. The standard InChI is InChI=1S/C10H10N2S.C2H6/c1-7-5-3-4-6-9(7)10-12-11-8(2)13-10;1-2/h3-6H,1-2H3;1-2H3. The molecular formula is C12H16N2S. The molecule has 0 bridgehead atoms. The maximum absolute atomic E-state index is 4.12. The van der Waals surface area contributed by atoms with Gasteiger partial charge in [0.2, 0.25) is 0 Å². The lowest BCUT2D eigenvalue weighted by atomic mass is 10.1. The molecule has 2 aromatic rings. The van der Waals surface area contributed by atoms with Crippen molar-refractivity contribution in [3.05, 3.63) is 34.8 Å². The average Bonchev–Trinajstić information content (AvgIpc) is 2.68. The molecule has 0 unspecified atom stereocenters. The molecule has 2 rings (SSSR count). The minimum atomic E-state index is 1.01. The number of nitrogens with zero attached hydrogens (tertiary/aromatic N) is 2. The van der Waals surface area contributed by atoms with Crippen LogP contribution in [0.5, 0.6) is 0 Å².